The predicted molar refractivity (Wildman–Crippen MR) is 139 cm³/mol. The van der Waals surface area contributed by atoms with Crippen molar-refractivity contribution in [2.24, 2.45) is 0 Å². The van der Waals surface area contributed by atoms with Crippen LogP contribution < -0.4 is 21.1 Å². The molecule has 0 atom stereocenters. The molecule has 8 nitrogen and oxygen atoms in total. The first-order valence-corrected chi connectivity index (χ1v) is 11.6. The van der Waals surface area contributed by atoms with Crippen molar-refractivity contribution in [3.8, 4) is 16.9 Å². The number of aromatic amines is 1. The first kappa shape index (κ1) is 26.7. The van der Waals surface area contributed by atoms with Gasteiger partial charge >= 0.3 is 12.2 Å². The molecule has 200 valence electrons. The molecule has 2 amide bonds. The molecule has 0 saturated carbocycles. The number of amides is 2. The minimum absolute atomic E-state index is 0.199. The topological polar surface area (TPSA) is 108 Å². The maximum absolute atomic E-state index is 13.5. The van der Waals surface area contributed by atoms with Gasteiger partial charge < -0.3 is 26.0 Å². The Kier molecular flexibility index (Phi) is 7.72. The summed E-state index contributed by atoms with van der Waals surface area (Å²) in [6, 6.07) is 11.9. The van der Waals surface area contributed by atoms with Gasteiger partial charge in [-0.05, 0) is 74.1 Å². The van der Waals surface area contributed by atoms with Gasteiger partial charge in [0.05, 0.1) is 17.6 Å². The van der Waals surface area contributed by atoms with E-state index in [1.54, 1.807) is 24.3 Å². The molecule has 0 aliphatic carbocycles. The molecule has 0 radical (unpaired) electrons. The Morgan fingerprint density at radius 2 is 1.74 bits per heavy atom. The van der Waals surface area contributed by atoms with E-state index in [0.29, 0.717) is 46.9 Å². The number of H-pyrrole nitrogens is 1. The molecular weight excluding hydrogens is 504 g/mol. The Balaban J connectivity index is 1.47. The Bertz CT molecular complexity index is 1430. The van der Waals surface area contributed by atoms with Gasteiger partial charge in [0.15, 0.2) is 5.82 Å². The third-order valence-corrected chi connectivity index (χ3v) is 5.70. The van der Waals surface area contributed by atoms with Crippen LogP contribution in [0.1, 0.15) is 12.0 Å². The Morgan fingerprint density at radius 3 is 2.42 bits per heavy atom. The third kappa shape index (κ3) is 6.14. The Labute approximate surface area is 215 Å². The van der Waals surface area contributed by atoms with Crippen molar-refractivity contribution in [3.05, 3.63) is 66.0 Å². The van der Waals surface area contributed by atoms with Gasteiger partial charge in [0.25, 0.3) is 0 Å². The van der Waals surface area contributed by atoms with Crippen molar-refractivity contribution < 1.29 is 27.1 Å². The SMILES string of the molecule is CN(C)CCCOc1ccc(-c2ccc(NC(=O)Nc3ccc(F)c(C(F)(F)F)c3)cc2)c2c(N)n[nH]c12. The molecule has 0 fully saturated rings. The number of fused-ring (bicyclic) bond motifs is 1. The number of rotatable bonds is 8. The number of nitrogens with zero attached hydrogens (tertiary/aromatic N) is 2. The summed E-state index contributed by atoms with van der Waals surface area (Å²) in [6.45, 7) is 1.42. The van der Waals surface area contributed by atoms with Crippen molar-refractivity contribution in [2.45, 2.75) is 12.6 Å². The summed E-state index contributed by atoms with van der Waals surface area (Å²) in [5, 5.41) is 12.6. The van der Waals surface area contributed by atoms with Crippen LogP contribution in [0.4, 0.5) is 39.5 Å². The quantitative estimate of drug-likeness (QED) is 0.166. The van der Waals surface area contributed by atoms with Crippen LogP contribution in [-0.4, -0.2) is 48.4 Å². The van der Waals surface area contributed by atoms with E-state index in [-0.39, 0.29) is 5.69 Å². The Morgan fingerprint density at radius 1 is 1.05 bits per heavy atom. The number of hydrogen-bond acceptors (Lipinski definition) is 5. The number of nitrogen functional groups attached to an aromatic ring is 1. The minimum atomic E-state index is -4.88. The maximum Gasteiger partial charge on any atom is 0.419 e. The second-order valence-corrected chi connectivity index (χ2v) is 8.82. The molecule has 0 aliphatic rings. The average Bonchev–Trinajstić information content (AvgIpc) is 3.25. The molecule has 0 saturated heterocycles. The lowest BCUT2D eigenvalue weighted by molar-refractivity contribution is -0.139. The van der Waals surface area contributed by atoms with Crippen LogP contribution in [0.5, 0.6) is 5.75 Å². The zero-order valence-corrected chi connectivity index (χ0v) is 20.6. The molecule has 1 aromatic heterocycles. The molecule has 0 spiro atoms. The van der Waals surface area contributed by atoms with E-state index < -0.39 is 23.6 Å². The molecule has 3 aromatic carbocycles. The van der Waals surface area contributed by atoms with Crippen molar-refractivity contribution >= 4 is 34.1 Å². The fourth-order valence-electron chi connectivity index (χ4n) is 3.90. The van der Waals surface area contributed by atoms with Gasteiger partial charge in [-0.1, -0.05) is 12.1 Å². The van der Waals surface area contributed by atoms with Crippen LogP contribution >= 0.6 is 0 Å². The standard InChI is InChI=1S/C26H26F4N6O2/c1-36(2)12-3-13-38-21-11-9-18(22-23(21)34-35-24(22)31)15-4-6-16(7-5-15)32-25(37)33-17-8-10-20(27)19(14-17)26(28,29)30/h4-11,14H,3,12-13H2,1-2H3,(H3,31,34,35)(H2,32,33,37). The summed E-state index contributed by atoms with van der Waals surface area (Å²) in [5.41, 5.74) is 7.12. The number of aromatic nitrogens is 2. The number of carbonyl (C=O) groups excluding carboxylic acids is 1. The highest BCUT2D eigenvalue weighted by molar-refractivity contribution is 6.04. The van der Waals surface area contributed by atoms with Crippen molar-refractivity contribution in [3.63, 3.8) is 0 Å². The van der Waals surface area contributed by atoms with E-state index in [0.717, 1.165) is 30.2 Å². The molecule has 12 heteroatoms. The van der Waals surface area contributed by atoms with Gasteiger partial charge in [0, 0.05) is 17.9 Å². The largest absolute Gasteiger partial charge is 0.491 e. The number of halogens is 4. The highest BCUT2D eigenvalue weighted by Crippen LogP contribution is 2.37. The number of benzene rings is 3. The van der Waals surface area contributed by atoms with Gasteiger partial charge in [0.1, 0.15) is 17.1 Å². The molecule has 0 aliphatic heterocycles. The van der Waals surface area contributed by atoms with Crippen LogP contribution in [0, 0.1) is 5.82 Å². The highest BCUT2D eigenvalue weighted by atomic mass is 19.4. The summed E-state index contributed by atoms with van der Waals surface area (Å²) < 4.78 is 58.2. The lowest BCUT2D eigenvalue weighted by atomic mass is 10.0. The maximum atomic E-state index is 13.5. The zero-order chi connectivity index (χ0) is 27.4. The van der Waals surface area contributed by atoms with Crippen LogP contribution in [0.2, 0.25) is 0 Å². The minimum Gasteiger partial charge on any atom is -0.491 e. The zero-order valence-electron chi connectivity index (χ0n) is 20.6. The van der Waals surface area contributed by atoms with E-state index in [2.05, 4.69) is 25.7 Å². The summed E-state index contributed by atoms with van der Waals surface area (Å²) in [6.07, 6.45) is -4.03. The Hall–Kier alpha value is -4.32. The number of carbonyl (C=O) groups is 1. The molecule has 38 heavy (non-hydrogen) atoms. The van der Waals surface area contributed by atoms with E-state index in [4.69, 9.17) is 10.5 Å². The lowest BCUT2D eigenvalue weighted by Gasteiger charge is -2.13. The molecule has 0 bridgehead atoms. The lowest BCUT2D eigenvalue weighted by Crippen LogP contribution is -2.20. The smallest absolute Gasteiger partial charge is 0.419 e. The van der Waals surface area contributed by atoms with Gasteiger partial charge in [-0.15, -0.1) is 0 Å². The fourth-order valence-corrected chi connectivity index (χ4v) is 3.90. The number of urea groups is 1. The van der Waals surface area contributed by atoms with Crippen LogP contribution in [-0.2, 0) is 6.18 Å². The number of nitrogens with two attached hydrogens (primary N) is 1. The van der Waals surface area contributed by atoms with E-state index >= 15 is 0 Å². The predicted octanol–water partition coefficient (Wildman–Crippen LogP) is 5.94. The molecule has 4 rings (SSSR count). The summed E-state index contributed by atoms with van der Waals surface area (Å²) >= 11 is 0. The second-order valence-electron chi connectivity index (χ2n) is 8.82. The van der Waals surface area contributed by atoms with Crippen molar-refractivity contribution in [1.29, 1.82) is 0 Å². The number of nitrogens with one attached hydrogen (secondary N) is 3. The van der Waals surface area contributed by atoms with Gasteiger partial charge in [-0.25, -0.2) is 9.18 Å². The average molecular weight is 531 g/mol. The summed E-state index contributed by atoms with van der Waals surface area (Å²) in [5.74, 6) is -0.473. The van der Waals surface area contributed by atoms with Crippen molar-refractivity contribution in [2.75, 3.05) is 43.6 Å². The highest BCUT2D eigenvalue weighted by Gasteiger charge is 2.34. The molecule has 1 heterocycles. The summed E-state index contributed by atoms with van der Waals surface area (Å²) in [7, 11) is 3.99. The number of anilines is 3. The molecule has 0 unspecified atom stereocenters. The number of hydrogen-bond donors (Lipinski definition) is 4. The molecular formula is C26H26F4N6O2. The van der Waals surface area contributed by atoms with Crippen LogP contribution in [0.3, 0.4) is 0 Å². The van der Waals surface area contributed by atoms with E-state index in [1.807, 2.05) is 26.2 Å². The number of alkyl halides is 3. The van der Waals surface area contributed by atoms with Gasteiger partial charge in [-0.3, -0.25) is 5.10 Å². The molecule has 5 N–H and O–H groups in total. The molecule has 4 aromatic rings. The van der Waals surface area contributed by atoms with Gasteiger partial charge in [0.2, 0.25) is 0 Å². The summed E-state index contributed by atoms with van der Waals surface area (Å²) in [4.78, 5) is 14.4. The fraction of sp³-hybridized carbons (Fsp3) is 0.231. The second kappa shape index (κ2) is 11.0. The first-order chi connectivity index (χ1) is 18.0. The first-order valence-electron chi connectivity index (χ1n) is 11.6. The third-order valence-electron chi connectivity index (χ3n) is 5.70. The van der Waals surface area contributed by atoms with Crippen molar-refractivity contribution in [1.82, 2.24) is 15.1 Å². The monoisotopic (exact) mass is 530 g/mol. The van der Waals surface area contributed by atoms with E-state index in [9.17, 15) is 22.4 Å². The normalized spacial score (nSPS) is 11.7. The number of ether oxygens (including phenoxy) is 1. The van der Waals surface area contributed by atoms with E-state index in [1.165, 1.54) is 0 Å². The van der Waals surface area contributed by atoms with Gasteiger partial charge in [-0.2, -0.15) is 18.3 Å². The van der Waals surface area contributed by atoms with Crippen LogP contribution in [0.15, 0.2) is 54.6 Å². The van der Waals surface area contributed by atoms with Crippen LogP contribution in [0.25, 0.3) is 22.0 Å².